The summed E-state index contributed by atoms with van der Waals surface area (Å²) in [4.78, 5) is 26.3. The minimum absolute atomic E-state index is 0.0614. The molecule has 2 unspecified atom stereocenters. The Kier molecular flexibility index (Phi) is 7.11. The summed E-state index contributed by atoms with van der Waals surface area (Å²) in [6, 6.07) is 1.66. The number of carbonyl (C=O) groups is 2. The van der Waals surface area contributed by atoms with Crippen LogP contribution < -0.4 is 5.32 Å². The lowest BCUT2D eigenvalue weighted by Gasteiger charge is -2.24. The molecule has 7 nitrogen and oxygen atoms in total. The van der Waals surface area contributed by atoms with Gasteiger partial charge in [-0.25, -0.2) is 0 Å². The van der Waals surface area contributed by atoms with Crippen molar-refractivity contribution < 1.29 is 18.8 Å². The third kappa shape index (κ3) is 5.52. The molecule has 1 aromatic heterocycles. The number of anilines is 1. The molecular formula is C16H25N3O4S. The quantitative estimate of drug-likeness (QED) is 0.767. The summed E-state index contributed by atoms with van der Waals surface area (Å²) in [7, 11) is 0. The van der Waals surface area contributed by atoms with Gasteiger partial charge in [-0.05, 0) is 27.2 Å². The van der Waals surface area contributed by atoms with Crippen LogP contribution in [0.1, 0.15) is 26.0 Å². The summed E-state index contributed by atoms with van der Waals surface area (Å²) in [5.41, 5.74) is 0. The summed E-state index contributed by atoms with van der Waals surface area (Å²) < 4.78 is 10.3. The number of hydrogen-bond donors (Lipinski definition) is 1. The molecule has 1 aliphatic heterocycles. The van der Waals surface area contributed by atoms with Gasteiger partial charge in [-0.1, -0.05) is 5.16 Å². The van der Waals surface area contributed by atoms with Crippen molar-refractivity contribution in [1.29, 1.82) is 0 Å². The van der Waals surface area contributed by atoms with Crippen LogP contribution in [0.2, 0.25) is 0 Å². The molecule has 2 atom stereocenters. The molecular weight excluding hydrogens is 330 g/mol. The SMILES string of the molecule is CCN(CC1CCOC1)C(=O)CSC(C)C(=O)Nc1cc(C)on1. The minimum Gasteiger partial charge on any atom is -0.381 e. The number of thioether (sulfide) groups is 1. The van der Waals surface area contributed by atoms with E-state index >= 15 is 0 Å². The summed E-state index contributed by atoms with van der Waals surface area (Å²) >= 11 is 1.33. The summed E-state index contributed by atoms with van der Waals surface area (Å²) in [6.07, 6.45) is 1.01. The average molecular weight is 355 g/mol. The van der Waals surface area contributed by atoms with Crippen molar-refractivity contribution in [2.45, 2.75) is 32.4 Å². The molecule has 1 N–H and O–H groups in total. The van der Waals surface area contributed by atoms with Gasteiger partial charge >= 0.3 is 0 Å². The highest BCUT2D eigenvalue weighted by Gasteiger charge is 2.23. The molecule has 0 bridgehead atoms. The second-order valence-electron chi connectivity index (χ2n) is 5.93. The Bertz CT molecular complexity index is 557. The van der Waals surface area contributed by atoms with Crippen LogP contribution in [0.3, 0.4) is 0 Å². The number of aryl methyl sites for hydroxylation is 1. The predicted molar refractivity (Wildman–Crippen MR) is 93.0 cm³/mol. The predicted octanol–water partition coefficient (Wildman–Crippen LogP) is 1.93. The first-order chi connectivity index (χ1) is 11.5. The van der Waals surface area contributed by atoms with Gasteiger partial charge in [0.05, 0.1) is 17.6 Å². The van der Waals surface area contributed by atoms with E-state index in [4.69, 9.17) is 9.26 Å². The second kappa shape index (κ2) is 9.08. The molecule has 1 saturated heterocycles. The smallest absolute Gasteiger partial charge is 0.238 e. The molecule has 24 heavy (non-hydrogen) atoms. The highest BCUT2D eigenvalue weighted by molar-refractivity contribution is 8.01. The van der Waals surface area contributed by atoms with E-state index in [-0.39, 0.29) is 22.8 Å². The van der Waals surface area contributed by atoms with E-state index in [9.17, 15) is 9.59 Å². The lowest BCUT2D eigenvalue weighted by atomic mass is 10.1. The van der Waals surface area contributed by atoms with Gasteiger partial charge in [0.2, 0.25) is 11.8 Å². The fourth-order valence-corrected chi connectivity index (χ4v) is 3.25. The first kappa shape index (κ1) is 18.8. The topological polar surface area (TPSA) is 84.7 Å². The zero-order valence-corrected chi connectivity index (χ0v) is 15.2. The minimum atomic E-state index is -0.348. The Labute approximate surface area is 146 Å². The van der Waals surface area contributed by atoms with Crippen LogP contribution in [-0.2, 0) is 14.3 Å². The molecule has 134 valence electrons. The standard InChI is InChI=1S/C16H25N3O4S/c1-4-19(8-13-5-6-22-9-13)15(20)10-24-12(3)16(21)17-14-7-11(2)23-18-14/h7,12-13H,4-6,8-10H2,1-3H3,(H,17,18,21). The number of rotatable bonds is 8. The van der Waals surface area contributed by atoms with Crippen LogP contribution in [0, 0.1) is 12.8 Å². The van der Waals surface area contributed by atoms with Gasteiger partial charge in [0.15, 0.2) is 5.82 Å². The summed E-state index contributed by atoms with van der Waals surface area (Å²) in [6.45, 7) is 8.43. The van der Waals surface area contributed by atoms with Gasteiger partial charge in [0, 0.05) is 31.7 Å². The lowest BCUT2D eigenvalue weighted by molar-refractivity contribution is -0.128. The fourth-order valence-electron chi connectivity index (χ4n) is 2.46. The van der Waals surface area contributed by atoms with Crippen molar-refractivity contribution in [1.82, 2.24) is 10.1 Å². The molecule has 1 fully saturated rings. The van der Waals surface area contributed by atoms with Crippen LogP contribution in [0.15, 0.2) is 10.6 Å². The molecule has 0 radical (unpaired) electrons. The van der Waals surface area contributed by atoms with Gasteiger partial charge < -0.3 is 19.5 Å². The molecule has 1 aliphatic rings. The van der Waals surface area contributed by atoms with Crippen LogP contribution in [0.25, 0.3) is 0 Å². The molecule has 2 rings (SSSR count). The first-order valence-electron chi connectivity index (χ1n) is 8.21. The normalized spacial score (nSPS) is 18.4. The van der Waals surface area contributed by atoms with Gasteiger partial charge in [0.25, 0.3) is 0 Å². The Hall–Kier alpha value is -1.54. The maximum absolute atomic E-state index is 12.4. The third-order valence-electron chi connectivity index (χ3n) is 3.94. The number of nitrogens with one attached hydrogen (secondary N) is 1. The number of hydrogen-bond acceptors (Lipinski definition) is 6. The van der Waals surface area contributed by atoms with E-state index in [1.165, 1.54) is 11.8 Å². The van der Waals surface area contributed by atoms with Crippen molar-refractivity contribution in [2.75, 3.05) is 37.4 Å². The highest BCUT2D eigenvalue weighted by Crippen LogP contribution is 2.17. The van der Waals surface area contributed by atoms with Crippen LogP contribution in [0.4, 0.5) is 5.82 Å². The summed E-state index contributed by atoms with van der Waals surface area (Å²) in [5.74, 6) is 1.62. The zero-order valence-electron chi connectivity index (χ0n) is 14.4. The Morgan fingerprint density at radius 1 is 1.54 bits per heavy atom. The van der Waals surface area contributed by atoms with Crippen molar-refractivity contribution in [3.8, 4) is 0 Å². The second-order valence-corrected chi connectivity index (χ2v) is 7.26. The van der Waals surface area contributed by atoms with Crippen LogP contribution in [-0.4, -0.2) is 59.2 Å². The maximum atomic E-state index is 12.4. The lowest BCUT2D eigenvalue weighted by Crippen LogP contribution is -2.37. The average Bonchev–Trinajstić information content (AvgIpc) is 3.21. The van der Waals surface area contributed by atoms with E-state index in [0.717, 1.165) is 26.2 Å². The van der Waals surface area contributed by atoms with E-state index in [2.05, 4.69) is 10.5 Å². The first-order valence-corrected chi connectivity index (χ1v) is 9.25. The number of ether oxygens (including phenoxy) is 1. The van der Waals surface area contributed by atoms with Gasteiger partial charge in [-0.3, -0.25) is 9.59 Å². The molecule has 2 amide bonds. The van der Waals surface area contributed by atoms with E-state index < -0.39 is 0 Å². The fraction of sp³-hybridized carbons (Fsp3) is 0.688. The Balaban J connectivity index is 1.75. The van der Waals surface area contributed by atoms with E-state index in [1.54, 1.807) is 19.9 Å². The molecule has 8 heteroatoms. The molecule has 2 heterocycles. The molecule has 1 aromatic rings. The maximum Gasteiger partial charge on any atom is 0.238 e. The van der Waals surface area contributed by atoms with Crippen molar-refractivity contribution in [3.05, 3.63) is 11.8 Å². The number of aromatic nitrogens is 1. The van der Waals surface area contributed by atoms with E-state index in [1.807, 2.05) is 11.8 Å². The van der Waals surface area contributed by atoms with Gasteiger partial charge in [-0.2, -0.15) is 0 Å². The molecule has 0 spiro atoms. The monoisotopic (exact) mass is 355 g/mol. The third-order valence-corrected chi connectivity index (χ3v) is 5.07. The Morgan fingerprint density at radius 2 is 2.33 bits per heavy atom. The number of carbonyl (C=O) groups excluding carboxylic acids is 2. The van der Waals surface area contributed by atoms with Crippen LogP contribution in [0.5, 0.6) is 0 Å². The van der Waals surface area contributed by atoms with Gasteiger partial charge in [0.1, 0.15) is 5.76 Å². The van der Waals surface area contributed by atoms with Gasteiger partial charge in [-0.15, -0.1) is 11.8 Å². The number of amides is 2. The number of nitrogens with zero attached hydrogens (tertiary/aromatic N) is 2. The van der Waals surface area contributed by atoms with Crippen molar-refractivity contribution in [3.63, 3.8) is 0 Å². The van der Waals surface area contributed by atoms with Crippen LogP contribution >= 0.6 is 11.8 Å². The Morgan fingerprint density at radius 3 is 2.92 bits per heavy atom. The largest absolute Gasteiger partial charge is 0.381 e. The van der Waals surface area contributed by atoms with Crippen molar-refractivity contribution >= 4 is 29.4 Å². The van der Waals surface area contributed by atoms with Crippen molar-refractivity contribution in [2.24, 2.45) is 5.92 Å². The molecule has 0 saturated carbocycles. The zero-order chi connectivity index (χ0) is 17.5. The summed E-state index contributed by atoms with van der Waals surface area (Å²) in [5, 5.41) is 6.06. The van der Waals surface area contributed by atoms with E-state index in [0.29, 0.717) is 24.0 Å². The molecule has 0 aliphatic carbocycles. The molecule has 0 aromatic carbocycles. The highest BCUT2D eigenvalue weighted by atomic mass is 32.2.